The summed E-state index contributed by atoms with van der Waals surface area (Å²) in [6, 6.07) is 15.4. The second-order valence-electron chi connectivity index (χ2n) is 19.3. The molecule has 7 heterocycles. The first-order valence-corrected chi connectivity index (χ1v) is 28.4. The SMILES string of the molecule is CC1(C)OB(c2cccc3c2cnn3C2CCCCO2)OC1(C)C.C[C@@H]1COCCN1c1cc(N=S(C)(C)=O)nc(-c2cccc(N)c2C=N)n1.C[C@@H]1COCCN1c1cc(N=S(C)(C)=O)nc(Cl)n1. The zero-order valence-corrected chi connectivity index (χ0v) is 44.1. The molecule has 378 valence electrons. The first-order chi connectivity index (χ1) is 33.0. The molecule has 0 radical (unpaired) electrons. The number of benzene rings is 2. The highest BCUT2D eigenvalue weighted by Crippen LogP contribution is 2.37. The predicted octanol–water partition coefficient (Wildman–Crippen LogP) is 7.06. The molecular weight excluding hydrogens is 955 g/mol. The third-order valence-corrected chi connectivity index (χ3v) is 13.9. The van der Waals surface area contributed by atoms with Crippen molar-refractivity contribution in [3.8, 4) is 11.4 Å². The highest BCUT2D eigenvalue weighted by molar-refractivity contribution is 7.92. The first kappa shape index (κ1) is 53.0. The highest BCUT2D eigenvalue weighted by Gasteiger charge is 2.52. The van der Waals surface area contributed by atoms with Crippen LogP contribution in [-0.2, 0) is 43.0 Å². The second-order valence-corrected chi connectivity index (χ2v) is 24.7. The van der Waals surface area contributed by atoms with E-state index in [0.717, 1.165) is 42.4 Å². The number of hydrogen-bond acceptors (Lipinski definition) is 18. The number of nitrogens with zero attached hydrogens (tertiary/aromatic N) is 10. The number of ether oxygens (including phenoxy) is 3. The van der Waals surface area contributed by atoms with Crippen LogP contribution in [0.1, 0.15) is 72.6 Å². The van der Waals surface area contributed by atoms with Gasteiger partial charge in [-0.15, -0.1) is 0 Å². The van der Waals surface area contributed by atoms with Gasteiger partial charge in [-0.3, -0.25) is 0 Å². The molecule has 4 aliphatic rings. The van der Waals surface area contributed by atoms with Gasteiger partial charge in [0.05, 0.1) is 61.4 Å². The minimum atomic E-state index is -2.39. The van der Waals surface area contributed by atoms with Gasteiger partial charge in [0.25, 0.3) is 0 Å². The first-order valence-electron chi connectivity index (χ1n) is 23.3. The number of aromatic nitrogens is 6. The van der Waals surface area contributed by atoms with E-state index in [9.17, 15) is 8.42 Å². The van der Waals surface area contributed by atoms with Crippen molar-refractivity contribution in [1.82, 2.24) is 29.7 Å². The van der Waals surface area contributed by atoms with Gasteiger partial charge in [-0.1, -0.05) is 24.3 Å². The Kier molecular flexibility index (Phi) is 16.6. The molecule has 0 saturated carbocycles. The number of nitrogens with one attached hydrogen (secondary N) is 1. The van der Waals surface area contributed by atoms with Crippen LogP contribution >= 0.6 is 11.6 Å². The minimum Gasteiger partial charge on any atom is -0.399 e. The molecule has 70 heavy (non-hydrogen) atoms. The van der Waals surface area contributed by atoms with Crippen molar-refractivity contribution in [3.05, 3.63) is 65.6 Å². The molecule has 0 spiro atoms. The predicted molar refractivity (Wildman–Crippen MR) is 281 cm³/mol. The third-order valence-electron chi connectivity index (χ3n) is 12.5. The number of nitrogen functional groups attached to an aromatic ring is 1. The Balaban J connectivity index is 0.000000157. The largest absolute Gasteiger partial charge is 0.495 e. The molecule has 1 unspecified atom stereocenters. The molecule has 0 aliphatic carbocycles. The molecular formula is C47H66BClN12O7S2. The minimum absolute atomic E-state index is 0.0322. The number of hydrogen-bond donors (Lipinski definition) is 2. The number of morpholine rings is 2. The molecule has 23 heteroatoms. The van der Waals surface area contributed by atoms with Gasteiger partial charge in [-0.05, 0) is 90.0 Å². The summed E-state index contributed by atoms with van der Waals surface area (Å²) in [5.41, 5.74) is 9.10. The lowest BCUT2D eigenvalue weighted by atomic mass is 9.77. The maximum absolute atomic E-state index is 12.2. The van der Waals surface area contributed by atoms with Crippen molar-refractivity contribution in [1.29, 1.82) is 5.41 Å². The van der Waals surface area contributed by atoms with Gasteiger partial charge in [-0.25, -0.2) is 28.1 Å². The monoisotopic (exact) mass is 1020 g/mol. The summed E-state index contributed by atoms with van der Waals surface area (Å²) in [5, 5.41) is 13.5. The van der Waals surface area contributed by atoms with E-state index >= 15 is 0 Å². The number of anilines is 3. The Morgan fingerprint density at radius 2 is 1.40 bits per heavy atom. The van der Waals surface area contributed by atoms with Gasteiger partial charge in [0, 0.05) is 105 Å². The van der Waals surface area contributed by atoms with Crippen LogP contribution in [-0.4, -0.2) is 146 Å². The average Bonchev–Trinajstić information content (AvgIpc) is 3.82. The molecule has 0 bridgehead atoms. The molecule has 3 N–H and O–H groups in total. The molecule has 5 aromatic rings. The van der Waals surface area contributed by atoms with Crippen molar-refractivity contribution in [3.63, 3.8) is 0 Å². The maximum Gasteiger partial charge on any atom is 0.495 e. The summed E-state index contributed by atoms with van der Waals surface area (Å²) in [4.78, 5) is 21.6. The third kappa shape index (κ3) is 13.0. The second kappa shape index (κ2) is 21.9. The lowest BCUT2D eigenvalue weighted by Gasteiger charge is -2.34. The van der Waals surface area contributed by atoms with Crippen LogP contribution in [0.25, 0.3) is 22.3 Å². The zero-order chi connectivity index (χ0) is 50.6. The van der Waals surface area contributed by atoms with Gasteiger partial charge < -0.3 is 44.5 Å². The van der Waals surface area contributed by atoms with E-state index < -0.39 is 19.5 Å². The van der Waals surface area contributed by atoms with E-state index in [4.69, 9.17) is 51.2 Å². The molecule has 2 aromatic carbocycles. The van der Waals surface area contributed by atoms with E-state index in [1.165, 1.54) is 12.6 Å². The molecule has 4 saturated heterocycles. The van der Waals surface area contributed by atoms with Crippen molar-refractivity contribution >= 4 is 89.7 Å². The van der Waals surface area contributed by atoms with E-state index in [0.29, 0.717) is 78.9 Å². The van der Waals surface area contributed by atoms with Crippen LogP contribution in [0.2, 0.25) is 5.28 Å². The van der Waals surface area contributed by atoms with Crippen LogP contribution in [0.15, 0.2) is 63.5 Å². The number of halogens is 1. The normalized spacial score (nSPS) is 21.3. The average molecular weight is 1020 g/mol. The van der Waals surface area contributed by atoms with E-state index in [-0.39, 0.29) is 41.9 Å². The van der Waals surface area contributed by atoms with Crippen LogP contribution < -0.4 is 21.0 Å². The Morgan fingerprint density at radius 3 is 1.96 bits per heavy atom. The Hall–Kier alpha value is -4.81. The fourth-order valence-corrected chi connectivity index (χ4v) is 9.52. The zero-order valence-electron chi connectivity index (χ0n) is 41.8. The number of fused-ring (bicyclic) bond motifs is 1. The van der Waals surface area contributed by atoms with Crippen molar-refractivity contribution in [2.24, 2.45) is 8.73 Å². The van der Waals surface area contributed by atoms with Crippen molar-refractivity contribution in [2.75, 3.05) is 86.7 Å². The highest BCUT2D eigenvalue weighted by atomic mass is 35.5. The topological polar surface area (TPSA) is 231 Å². The summed E-state index contributed by atoms with van der Waals surface area (Å²) in [6.45, 7) is 17.2. The van der Waals surface area contributed by atoms with Gasteiger partial charge in [0.1, 0.15) is 11.6 Å². The summed E-state index contributed by atoms with van der Waals surface area (Å²) < 4.78 is 63.5. The van der Waals surface area contributed by atoms with E-state index in [2.05, 4.69) is 92.3 Å². The smallest absolute Gasteiger partial charge is 0.399 e. The van der Waals surface area contributed by atoms with Crippen LogP contribution in [0, 0.1) is 5.41 Å². The fourth-order valence-electron chi connectivity index (χ4n) is 8.26. The molecule has 3 atom stereocenters. The summed E-state index contributed by atoms with van der Waals surface area (Å²) in [7, 11) is -5.03. The molecule has 4 aliphatic heterocycles. The Morgan fingerprint density at radius 1 is 0.814 bits per heavy atom. The van der Waals surface area contributed by atoms with Crippen molar-refractivity contribution < 1.29 is 31.9 Å². The summed E-state index contributed by atoms with van der Waals surface area (Å²) >= 11 is 5.91. The van der Waals surface area contributed by atoms with E-state index in [1.54, 1.807) is 49.3 Å². The van der Waals surface area contributed by atoms with Gasteiger partial charge in [0.15, 0.2) is 23.7 Å². The quantitative estimate of drug-likeness (QED) is 0.0686. The summed E-state index contributed by atoms with van der Waals surface area (Å²) in [6.07, 6.45) is 12.7. The van der Waals surface area contributed by atoms with Gasteiger partial charge in [-0.2, -0.15) is 18.8 Å². The van der Waals surface area contributed by atoms with Crippen LogP contribution in [0.4, 0.5) is 29.0 Å². The lowest BCUT2D eigenvalue weighted by Crippen LogP contribution is -2.44. The van der Waals surface area contributed by atoms with Crippen molar-refractivity contribution in [2.45, 2.75) is 90.3 Å². The molecule has 0 amide bonds. The number of rotatable bonds is 8. The standard InChI is InChI=1S/C18H25BN2O3.C18H24N6O2S.C11H17ClN4O2S/c1-17(2)18(3,4)24-19(23-17)14-8-7-9-15-13(14)12-20-21(15)16-10-5-6-11-22-16;1-12-11-26-8-7-24(12)17-9-16(23-27(2,3)25)21-18(22-17)13-5-4-6-15(20)14(13)10-19;1-8-7-18-5-4-16(8)10-6-9(13-11(12)14-10)15-19(2,3)17/h7-9,12,16H,5-6,10-11H2,1-4H3;4-6,9-10,12,19H,7-8,11,20H2,1-3H3;6,8H,4-5,7H2,1-3H3/t;12-;8-/m.11/s1. The van der Waals surface area contributed by atoms with Gasteiger partial charge in [0.2, 0.25) is 5.28 Å². The van der Waals surface area contributed by atoms with Crippen LogP contribution in [0.5, 0.6) is 0 Å². The molecule has 9 rings (SSSR count). The van der Waals surface area contributed by atoms with Gasteiger partial charge >= 0.3 is 7.12 Å². The van der Waals surface area contributed by atoms with Crippen LogP contribution in [0.3, 0.4) is 0 Å². The summed E-state index contributed by atoms with van der Waals surface area (Å²) in [5.74, 6) is 2.49. The molecule has 4 fully saturated rings. The van der Waals surface area contributed by atoms with E-state index in [1.807, 2.05) is 23.0 Å². The molecule has 3 aromatic heterocycles. The maximum atomic E-state index is 12.2. The Bertz CT molecular complexity index is 2900. The fraction of sp³-hybridized carbons (Fsp3) is 0.532. The molecule has 19 nitrogen and oxygen atoms in total. The lowest BCUT2D eigenvalue weighted by molar-refractivity contribution is -0.0366. The number of nitrogens with two attached hydrogens (primary N) is 1. The Labute approximate surface area is 417 Å².